The van der Waals surface area contributed by atoms with Crippen LogP contribution < -0.4 is 0 Å². The monoisotopic (exact) mass is 321 g/mol. The third kappa shape index (κ3) is 3.35. The van der Waals surface area contributed by atoms with Gasteiger partial charge in [-0.2, -0.15) is 4.31 Å². The van der Waals surface area contributed by atoms with Crippen LogP contribution >= 0.6 is 11.3 Å². The van der Waals surface area contributed by atoms with Gasteiger partial charge in [-0.1, -0.05) is 0 Å². The van der Waals surface area contributed by atoms with Crippen LogP contribution in [0.2, 0.25) is 0 Å². The van der Waals surface area contributed by atoms with Gasteiger partial charge in [0.25, 0.3) is 0 Å². The van der Waals surface area contributed by atoms with E-state index in [9.17, 15) is 18.0 Å². The molecule has 0 saturated heterocycles. The lowest BCUT2D eigenvalue weighted by Crippen LogP contribution is -2.40. The highest BCUT2D eigenvalue weighted by Gasteiger charge is 2.33. The van der Waals surface area contributed by atoms with Crippen LogP contribution in [0.3, 0.4) is 0 Å². The van der Waals surface area contributed by atoms with Crippen molar-refractivity contribution >= 4 is 33.3 Å². The molecule has 0 saturated carbocycles. The molecule has 0 amide bonds. The van der Waals surface area contributed by atoms with E-state index in [1.54, 1.807) is 13.8 Å². The molecule has 0 aromatic carbocycles. The number of hydrogen-bond donors (Lipinski definition) is 1. The number of esters is 1. The summed E-state index contributed by atoms with van der Waals surface area (Å²) in [7, 11) is -2.93. The predicted molar refractivity (Wildman–Crippen MR) is 72.3 cm³/mol. The summed E-state index contributed by atoms with van der Waals surface area (Å²) >= 11 is 0.929. The van der Waals surface area contributed by atoms with Crippen molar-refractivity contribution in [3.63, 3.8) is 0 Å². The Hall–Kier alpha value is -1.45. The van der Waals surface area contributed by atoms with Crippen molar-refractivity contribution in [2.75, 3.05) is 13.7 Å². The number of carboxylic acids is 1. The summed E-state index contributed by atoms with van der Waals surface area (Å²) in [6.07, 6.45) is 0. The number of methoxy groups -OCH3 is 1. The number of thiophene rings is 1. The maximum absolute atomic E-state index is 12.5. The fraction of sp³-hybridized carbons (Fsp3) is 0.455. The van der Waals surface area contributed by atoms with Crippen LogP contribution in [0, 0.1) is 0 Å². The molecule has 1 aromatic rings. The van der Waals surface area contributed by atoms with Crippen LogP contribution in [0.5, 0.6) is 0 Å². The first-order chi connectivity index (χ1) is 9.21. The van der Waals surface area contributed by atoms with Gasteiger partial charge in [-0.05, 0) is 25.3 Å². The van der Waals surface area contributed by atoms with Crippen molar-refractivity contribution in [1.82, 2.24) is 4.31 Å². The highest BCUT2D eigenvalue weighted by Crippen LogP contribution is 2.27. The molecule has 1 aromatic heterocycles. The Kier molecular flexibility index (Phi) is 5.26. The van der Waals surface area contributed by atoms with Crippen LogP contribution in [-0.4, -0.2) is 49.5 Å². The van der Waals surface area contributed by atoms with Gasteiger partial charge in [-0.15, -0.1) is 11.3 Å². The van der Waals surface area contributed by atoms with Crippen LogP contribution in [0.1, 0.15) is 23.5 Å². The topological polar surface area (TPSA) is 101 Å². The molecule has 0 bridgehead atoms. The van der Waals surface area contributed by atoms with Crippen molar-refractivity contribution in [2.24, 2.45) is 0 Å². The van der Waals surface area contributed by atoms with Gasteiger partial charge in [0.1, 0.15) is 16.3 Å². The molecule has 1 rings (SSSR count). The number of carbonyl (C=O) groups is 2. The van der Waals surface area contributed by atoms with Gasteiger partial charge in [-0.3, -0.25) is 4.79 Å². The van der Waals surface area contributed by atoms with Gasteiger partial charge < -0.3 is 9.84 Å². The van der Waals surface area contributed by atoms with E-state index in [2.05, 4.69) is 4.74 Å². The molecule has 0 spiro atoms. The van der Waals surface area contributed by atoms with Crippen LogP contribution in [0.15, 0.2) is 16.3 Å². The van der Waals surface area contributed by atoms with Gasteiger partial charge in [-0.25, -0.2) is 13.2 Å². The van der Waals surface area contributed by atoms with E-state index in [-0.39, 0.29) is 9.77 Å². The van der Waals surface area contributed by atoms with E-state index >= 15 is 0 Å². The largest absolute Gasteiger partial charge is 0.480 e. The number of carbonyl (C=O) groups excluding carboxylic acids is 1. The average molecular weight is 321 g/mol. The predicted octanol–water partition coefficient (Wildman–Crippen LogP) is 1.02. The molecule has 7 nitrogen and oxygen atoms in total. The minimum absolute atomic E-state index is 0.0662. The molecule has 0 radical (unpaired) electrons. The number of hydrogen-bond acceptors (Lipinski definition) is 6. The molecule has 20 heavy (non-hydrogen) atoms. The molecule has 1 N–H and O–H groups in total. The van der Waals surface area contributed by atoms with E-state index in [1.165, 1.54) is 11.4 Å². The molecule has 112 valence electrons. The second-order valence-electron chi connectivity index (χ2n) is 4.14. The molecule has 0 aliphatic heterocycles. The van der Waals surface area contributed by atoms with Gasteiger partial charge in [0.2, 0.25) is 10.0 Å². The minimum atomic E-state index is -4.08. The smallest absolute Gasteiger partial charge is 0.349 e. The third-order valence-electron chi connectivity index (χ3n) is 2.45. The maximum atomic E-state index is 12.5. The molecule has 0 unspecified atom stereocenters. The molecule has 1 heterocycles. The Morgan fingerprint density at radius 1 is 1.45 bits per heavy atom. The lowest BCUT2D eigenvalue weighted by Gasteiger charge is -2.23. The standard InChI is InChI=1S/C11H15NO6S2/c1-7(2)12(6-9(13)14)20(16,17)8-4-5-19-10(8)11(15)18-3/h4-5,7H,6H2,1-3H3,(H,13,14). The number of sulfonamides is 1. The Morgan fingerprint density at radius 2 is 2.05 bits per heavy atom. The summed E-state index contributed by atoms with van der Waals surface area (Å²) in [6, 6.07) is 0.713. The first kappa shape index (κ1) is 16.6. The van der Waals surface area contributed by atoms with Gasteiger partial charge in [0, 0.05) is 6.04 Å². The Morgan fingerprint density at radius 3 is 2.50 bits per heavy atom. The lowest BCUT2D eigenvalue weighted by molar-refractivity contribution is -0.137. The minimum Gasteiger partial charge on any atom is -0.480 e. The van der Waals surface area contributed by atoms with Gasteiger partial charge in [0.15, 0.2) is 0 Å². The van der Waals surface area contributed by atoms with Crippen LogP contribution in [0.25, 0.3) is 0 Å². The summed E-state index contributed by atoms with van der Waals surface area (Å²) in [4.78, 5) is 22.1. The fourth-order valence-electron chi connectivity index (χ4n) is 1.55. The van der Waals surface area contributed by atoms with Crippen LogP contribution in [0.4, 0.5) is 0 Å². The Bertz CT molecular complexity index is 604. The number of nitrogens with zero attached hydrogens (tertiary/aromatic N) is 1. The number of rotatable bonds is 6. The third-order valence-corrected chi connectivity index (χ3v) is 5.54. The second kappa shape index (κ2) is 6.33. The zero-order chi connectivity index (χ0) is 15.5. The molecule has 0 fully saturated rings. The summed E-state index contributed by atoms with van der Waals surface area (Å²) in [5.41, 5.74) is 0. The number of ether oxygens (including phenoxy) is 1. The highest BCUT2D eigenvalue weighted by molar-refractivity contribution is 7.89. The van der Waals surface area contributed by atoms with E-state index < -0.39 is 34.5 Å². The number of carboxylic acid groups (broad SMARTS) is 1. The Balaban J connectivity index is 3.31. The SMILES string of the molecule is COC(=O)c1sccc1S(=O)(=O)N(CC(=O)O)C(C)C. The quantitative estimate of drug-likeness (QED) is 0.785. The molecule has 0 aliphatic carbocycles. The normalized spacial score (nSPS) is 11.8. The van der Waals surface area contributed by atoms with E-state index in [0.29, 0.717) is 0 Å². The zero-order valence-electron chi connectivity index (χ0n) is 11.2. The summed E-state index contributed by atoms with van der Waals surface area (Å²) < 4.78 is 30.3. The molecular weight excluding hydrogens is 306 g/mol. The van der Waals surface area contributed by atoms with Crippen LogP contribution in [-0.2, 0) is 19.6 Å². The van der Waals surface area contributed by atoms with Crippen molar-refractivity contribution in [3.8, 4) is 0 Å². The number of aliphatic carboxylic acids is 1. The summed E-state index contributed by atoms with van der Waals surface area (Å²) in [5, 5.41) is 10.3. The summed E-state index contributed by atoms with van der Waals surface area (Å²) in [5.74, 6) is -2.03. The molecule has 0 aliphatic rings. The Labute approximate surface area is 120 Å². The van der Waals surface area contributed by atoms with Crippen molar-refractivity contribution in [1.29, 1.82) is 0 Å². The van der Waals surface area contributed by atoms with Crippen molar-refractivity contribution < 1.29 is 27.9 Å². The van der Waals surface area contributed by atoms with Gasteiger partial charge >= 0.3 is 11.9 Å². The molecular formula is C11H15NO6S2. The first-order valence-corrected chi connectivity index (χ1v) is 7.93. The molecule has 9 heteroatoms. The first-order valence-electron chi connectivity index (χ1n) is 5.61. The van der Waals surface area contributed by atoms with E-state index in [1.807, 2.05) is 0 Å². The second-order valence-corrected chi connectivity index (χ2v) is 6.92. The van der Waals surface area contributed by atoms with E-state index in [0.717, 1.165) is 22.8 Å². The fourth-order valence-corrected chi connectivity index (χ4v) is 4.44. The van der Waals surface area contributed by atoms with Crippen molar-refractivity contribution in [3.05, 3.63) is 16.3 Å². The average Bonchev–Trinajstić information content (AvgIpc) is 2.84. The van der Waals surface area contributed by atoms with E-state index in [4.69, 9.17) is 5.11 Å². The van der Waals surface area contributed by atoms with Crippen molar-refractivity contribution in [2.45, 2.75) is 24.8 Å². The zero-order valence-corrected chi connectivity index (χ0v) is 12.8. The maximum Gasteiger partial charge on any atom is 0.349 e. The highest BCUT2D eigenvalue weighted by atomic mass is 32.2. The van der Waals surface area contributed by atoms with Gasteiger partial charge in [0.05, 0.1) is 7.11 Å². The molecule has 0 atom stereocenters. The lowest BCUT2D eigenvalue weighted by atomic mass is 10.4. The summed E-state index contributed by atoms with van der Waals surface area (Å²) in [6.45, 7) is 2.45.